The normalized spacial score (nSPS) is 10.3. The van der Waals surface area contributed by atoms with Gasteiger partial charge in [-0.25, -0.2) is 19.9 Å². The molecular formula is C50H51B2Cl2IN10O4. The van der Waals surface area contributed by atoms with Crippen molar-refractivity contribution in [2.45, 2.75) is 34.5 Å². The molecule has 14 nitrogen and oxygen atoms in total. The van der Waals surface area contributed by atoms with E-state index in [1.165, 1.54) is 12.9 Å². The lowest BCUT2D eigenvalue weighted by atomic mass is 9.82. The van der Waals surface area contributed by atoms with Crippen molar-refractivity contribution < 1.29 is 19.3 Å². The number of aryl methyl sites for hydroxylation is 4. The second-order valence-electron chi connectivity index (χ2n) is 15.1. The van der Waals surface area contributed by atoms with Crippen molar-refractivity contribution in [3.8, 4) is 23.0 Å². The van der Waals surface area contributed by atoms with Crippen LogP contribution in [-0.4, -0.2) is 73.5 Å². The highest BCUT2D eigenvalue weighted by Gasteiger charge is 2.16. The van der Waals surface area contributed by atoms with Crippen LogP contribution in [0.15, 0.2) is 141 Å². The predicted octanol–water partition coefficient (Wildman–Crippen LogP) is 11.6. The molecule has 0 unspecified atom stereocenters. The maximum Gasteiger partial charge on any atom is 0.411 e. The minimum absolute atomic E-state index is 0. The fourth-order valence-corrected chi connectivity index (χ4v) is 6.91. The van der Waals surface area contributed by atoms with Gasteiger partial charge in [-0.15, -0.1) is 31.4 Å². The highest BCUT2D eigenvalue weighted by Crippen LogP contribution is 2.32. The number of amides is 1. The highest BCUT2D eigenvalue weighted by atomic mass is 127. The van der Waals surface area contributed by atoms with Crippen molar-refractivity contribution in [1.82, 2.24) is 34.7 Å². The summed E-state index contributed by atoms with van der Waals surface area (Å²) >= 11 is 2.29. The summed E-state index contributed by atoms with van der Waals surface area (Å²) in [4.78, 5) is 37.6. The molecule has 8 aromatic rings. The number of nitrogens with one attached hydrogen (secondary N) is 2. The minimum Gasteiger partial charge on any atom is -0.455 e. The molecule has 69 heavy (non-hydrogen) atoms. The van der Waals surface area contributed by atoms with Crippen molar-refractivity contribution in [3.63, 3.8) is 0 Å². The number of nitrogens with zero attached hydrogens (tertiary/aromatic N) is 7. The molecule has 352 valence electrons. The summed E-state index contributed by atoms with van der Waals surface area (Å²) in [6.07, 6.45) is 12.0. The number of rotatable bonds is 13. The Morgan fingerprint density at radius 3 is 1.67 bits per heavy atom. The average Bonchev–Trinajstić information content (AvgIpc) is 3.31. The zero-order chi connectivity index (χ0) is 47.9. The third-order valence-corrected chi connectivity index (χ3v) is 10.5. The molecule has 0 spiro atoms. The zero-order valence-electron chi connectivity index (χ0n) is 38.6. The van der Waals surface area contributed by atoms with E-state index in [0.717, 1.165) is 98.5 Å². The molecule has 19 heteroatoms. The third kappa shape index (κ3) is 16.0. The van der Waals surface area contributed by atoms with Gasteiger partial charge < -0.3 is 35.7 Å². The molecule has 0 aliphatic rings. The summed E-state index contributed by atoms with van der Waals surface area (Å²) in [5, 5.41) is 17.6. The van der Waals surface area contributed by atoms with Gasteiger partial charge in [-0.2, -0.15) is 0 Å². The summed E-state index contributed by atoms with van der Waals surface area (Å²) in [5.41, 5.74) is 14.2. The van der Waals surface area contributed by atoms with Gasteiger partial charge >= 0.3 is 7.05 Å². The summed E-state index contributed by atoms with van der Waals surface area (Å²) in [6.45, 7) is 13.6. The Labute approximate surface area is 429 Å². The Morgan fingerprint density at radius 2 is 1.25 bits per heavy atom. The maximum absolute atomic E-state index is 10.5. The van der Waals surface area contributed by atoms with E-state index in [2.05, 4.69) is 81.8 Å². The standard InChI is InChI=1S/C24H23N5O.C21H17IN4O.C5H9B2NO2.2ClH/c1-16-12-19(7-10-23(16)30-20-8-5-17(2)26-14-20)29-24-21-13-18(4-3-11-25)6-9-22(21)27-15-28-24;1-13-9-16(5-8-20(13)27-17-6-3-14(2)23-11-17)26-21-18-10-15(22)4-7-19(18)24-12-25-21;1-3-4-8(5(6)9)7(2)10;;/h3-10,12-15H,11,25H2,1-2H3,(H,27,28,29);3-12H,1-2H3,(H,24,25,26);3,10H,1,4H2,2H3;2*1H/b4-3+;;;;. The molecule has 5 N–H and O–H groups in total. The van der Waals surface area contributed by atoms with Crippen LogP contribution in [0.5, 0.6) is 23.0 Å². The van der Waals surface area contributed by atoms with Crippen LogP contribution in [0.1, 0.15) is 28.1 Å². The van der Waals surface area contributed by atoms with Crippen LogP contribution < -0.4 is 25.8 Å². The SMILES string of the molecule is Cc1ccc(Oc2ccc(Nc3ncnc4ccc(/C=C/CN)cc34)cc2C)cn1.Cc1ccc(Oc2ccc(Nc3ncnc4ccc(I)cc34)cc2C)cn1.Cl.Cl.[B]C(=O)N(CC=C)B(C)O. The number of benzene rings is 4. The number of carbonyl (C=O) groups excluding carboxylic acids is 1. The maximum atomic E-state index is 10.5. The molecular weight excluding hydrogens is 1020 g/mol. The fraction of sp³-hybridized carbons (Fsp3) is 0.140. The Kier molecular flexibility index (Phi) is 21.3. The molecule has 0 aliphatic heterocycles. The smallest absolute Gasteiger partial charge is 0.411 e. The largest absolute Gasteiger partial charge is 0.455 e. The highest BCUT2D eigenvalue weighted by molar-refractivity contribution is 14.1. The van der Waals surface area contributed by atoms with Crippen molar-refractivity contribution >= 4 is 119 Å². The topological polar surface area (TPSA) is 186 Å². The van der Waals surface area contributed by atoms with Gasteiger partial charge in [-0.1, -0.05) is 24.3 Å². The monoisotopic (exact) mass is 1070 g/mol. The van der Waals surface area contributed by atoms with Gasteiger partial charge in [0.15, 0.2) is 7.85 Å². The summed E-state index contributed by atoms with van der Waals surface area (Å²) < 4.78 is 13.0. The second kappa shape index (κ2) is 26.8. The first-order chi connectivity index (χ1) is 32.3. The number of anilines is 4. The Bertz CT molecular complexity index is 3010. The lowest BCUT2D eigenvalue weighted by Crippen LogP contribution is -2.41. The van der Waals surface area contributed by atoms with Gasteiger partial charge in [-0.3, -0.25) is 14.8 Å². The van der Waals surface area contributed by atoms with E-state index in [1.807, 2.05) is 125 Å². The van der Waals surface area contributed by atoms with Crippen molar-refractivity contribution in [3.05, 3.63) is 172 Å². The van der Waals surface area contributed by atoms with E-state index in [9.17, 15) is 4.79 Å². The Hall–Kier alpha value is -6.63. The van der Waals surface area contributed by atoms with E-state index in [-0.39, 0.29) is 31.4 Å². The van der Waals surface area contributed by atoms with E-state index >= 15 is 0 Å². The number of nitrogens with two attached hydrogens (primary N) is 1. The molecule has 4 aromatic heterocycles. The van der Waals surface area contributed by atoms with Crippen LogP contribution in [0.2, 0.25) is 6.82 Å². The molecule has 0 atom stereocenters. The second-order valence-corrected chi connectivity index (χ2v) is 16.4. The molecule has 8 rings (SSSR count). The molecule has 2 radical (unpaired) electrons. The molecule has 0 bridgehead atoms. The van der Waals surface area contributed by atoms with Gasteiger partial charge in [-0.05, 0) is 165 Å². The van der Waals surface area contributed by atoms with E-state index < -0.39 is 12.9 Å². The number of hydrogen-bond donors (Lipinski definition) is 4. The number of hydrogen-bond acceptors (Lipinski definition) is 13. The minimum atomic E-state index is -0.851. The predicted molar refractivity (Wildman–Crippen MR) is 293 cm³/mol. The Morgan fingerprint density at radius 1 is 0.739 bits per heavy atom. The average molecular weight is 1080 g/mol. The van der Waals surface area contributed by atoms with Gasteiger partial charge in [0.05, 0.1) is 23.4 Å². The quantitative estimate of drug-likeness (QED) is 0.0486. The summed E-state index contributed by atoms with van der Waals surface area (Å²) in [5.74, 6) is 3.91. The van der Waals surface area contributed by atoms with Crippen LogP contribution in [0, 0.1) is 31.3 Å². The lowest BCUT2D eigenvalue weighted by molar-refractivity contribution is 0.243. The van der Waals surface area contributed by atoms with E-state index in [0.29, 0.717) is 12.3 Å². The molecule has 0 aliphatic carbocycles. The first-order valence-electron chi connectivity index (χ1n) is 21.1. The van der Waals surface area contributed by atoms with Crippen LogP contribution in [-0.2, 0) is 0 Å². The van der Waals surface area contributed by atoms with E-state index in [4.69, 9.17) is 28.1 Å². The molecule has 1 amide bonds. The van der Waals surface area contributed by atoms with Crippen LogP contribution >= 0.6 is 47.4 Å². The van der Waals surface area contributed by atoms with Gasteiger partial charge in [0.25, 0.3) is 0 Å². The molecule has 0 fully saturated rings. The number of aromatic nitrogens is 6. The molecule has 4 heterocycles. The number of ether oxygens (including phenoxy) is 2. The van der Waals surface area contributed by atoms with Gasteiger partial charge in [0, 0.05) is 50.2 Å². The Balaban J connectivity index is 0.000000247. The van der Waals surface area contributed by atoms with Gasteiger partial charge in [0.1, 0.15) is 53.1 Å². The molecule has 0 saturated heterocycles. The van der Waals surface area contributed by atoms with Crippen LogP contribution in [0.4, 0.5) is 27.8 Å². The van der Waals surface area contributed by atoms with E-state index in [1.54, 1.807) is 25.0 Å². The van der Waals surface area contributed by atoms with Crippen molar-refractivity contribution in [2.24, 2.45) is 5.73 Å². The number of halogens is 3. The first kappa shape index (κ1) is 55.0. The molecule has 4 aromatic carbocycles. The third-order valence-electron chi connectivity index (χ3n) is 9.86. The molecule has 0 saturated carbocycles. The number of fused-ring (bicyclic) bond motifs is 2. The number of pyridine rings is 2. The fourth-order valence-electron chi connectivity index (χ4n) is 6.42. The van der Waals surface area contributed by atoms with Crippen molar-refractivity contribution in [2.75, 3.05) is 23.7 Å². The summed E-state index contributed by atoms with van der Waals surface area (Å²) in [7, 11) is 4.05. The van der Waals surface area contributed by atoms with Crippen LogP contribution in [0.3, 0.4) is 0 Å². The van der Waals surface area contributed by atoms with Crippen LogP contribution in [0.25, 0.3) is 27.9 Å². The van der Waals surface area contributed by atoms with Crippen molar-refractivity contribution in [1.29, 1.82) is 0 Å². The van der Waals surface area contributed by atoms with Gasteiger partial charge in [0.2, 0.25) is 0 Å². The summed E-state index contributed by atoms with van der Waals surface area (Å²) in [6, 6.07) is 31.8. The number of carbonyl (C=O) groups is 1. The first-order valence-corrected chi connectivity index (χ1v) is 22.2. The zero-order valence-corrected chi connectivity index (χ0v) is 42.4. The lowest BCUT2D eigenvalue weighted by Gasteiger charge is -2.19.